The second kappa shape index (κ2) is 10.5. The molecule has 0 spiro atoms. The van der Waals surface area contributed by atoms with Crippen LogP contribution in [0.2, 0.25) is 0 Å². The van der Waals surface area contributed by atoms with Crippen LogP contribution < -0.4 is 0 Å². The number of hydrogen-bond acceptors (Lipinski definition) is 3. The first-order chi connectivity index (χ1) is 12.2. The van der Waals surface area contributed by atoms with Gasteiger partial charge in [0, 0.05) is 0 Å². The molecular formula is C22H26O3. The van der Waals surface area contributed by atoms with Crippen LogP contribution in [0.5, 0.6) is 0 Å². The van der Waals surface area contributed by atoms with Crippen LogP contribution >= 0.6 is 0 Å². The lowest BCUT2D eigenvalue weighted by molar-refractivity contribution is -0.151. The molecule has 0 aliphatic carbocycles. The Balaban J connectivity index is 2.07. The fourth-order valence-corrected chi connectivity index (χ4v) is 2.56. The standard InChI is InChI=1S/C22H26O3/c1-2-3-4-11-16-20(21(23)19-14-9-6-10-15-19)22(24)25-17-18-12-7-5-8-13-18/h5-16,20-21,23H,2-4,17H2,1H3/b16-11-/t20-,21+/m1/s1. The molecule has 2 atom stereocenters. The van der Waals surface area contributed by atoms with Crippen LogP contribution in [0, 0.1) is 5.92 Å². The molecule has 132 valence electrons. The lowest BCUT2D eigenvalue weighted by Gasteiger charge is -2.19. The second-order valence-electron chi connectivity index (χ2n) is 6.04. The van der Waals surface area contributed by atoms with Gasteiger partial charge in [-0.05, 0) is 17.5 Å². The number of unbranched alkanes of at least 4 members (excludes halogenated alkanes) is 2. The molecule has 3 heteroatoms. The lowest BCUT2D eigenvalue weighted by atomic mass is 9.95. The number of esters is 1. The summed E-state index contributed by atoms with van der Waals surface area (Å²) in [6, 6.07) is 18.8. The van der Waals surface area contributed by atoms with Crippen molar-refractivity contribution in [1.82, 2.24) is 0 Å². The second-order valence-corrected chi connectivity index (χ2v) is 6.04. The normalized spacial score (nSPS) is 13.5. The zero-order valence-corrected chi connectivity index (χ0v) is 14.7. The summed E-state index contributed by atoms with van der Waals surface area (Å²) in [5.41, 5.74) is 1.64. The van der Waals surface area contributed by atoms with Crippen molar-refractivity contribution in [2.45, 2.75) is 38.9 Å². The fourth-order valence-electron chi connectivity index (χ4n) is 2.56. The molecule has 0 radical (unpaired) electrons. The third-order valence-corrected chi connectivity index (χ3v) is 4.05. The SMILES string of the molecule is CCCC/C=C\[C@@H](C(=O)OCc1ccccc1)[C@@H](O)c1ccccc1. The van der Waals surface area contributed by atoms with E-state index in [0.717, 1.165) is 24.8 Å². The molecule has 0 fully saturated rings. The van der Waals surface area contributed by atoms with Crippen LogP contribution in [-0.4, -0.2) is 11.1 Å². The minimum Gasteiger partial charge on any atom is -0.460 e. The van der Waals surface area contributed by atoms with E-state index >= 15 is 0 Å². The van der Waals surface area contributed by atoms with Gasteiger partial charge in [0.2, 0.25) is 0 Å². The smallest absolute Gasteiger partial charge is 0.316 e. The zero-order valence-electron chi connectivity index (χ0n) is 14.7. The molecular weight excluding hydrogens is 312 g/mol. The van der Waals surface area contributed by atoms with Gasteiger partial charge in [0.05, 0.1) is 6.10 Å². The van der Waals surface area contributed by atoms with Crippen molar-refractivity contribution in [2.24, 2.45) is 5.92 Å². The van der Waals surface area contributed by atoms with E-state index in [1.165, 1.54) is 0 Å². The maximum Gasteiger partial charge on any atom is 0.316 e. The highest BCUT2D eigenvalue weighted by Crippen LogP contribution is 2.25. The third-order valence-electron chi connectivity index (χ3n) is 4.05. The number of rotatable bonds is 9. The monoisotopic (exact) mass is 338 g/mol. The summed E-state index contributed by atoms with van der Waals surface area (Å²) < 4.78 is 5.44. The molecule has 0 amide bonds. The molecule has 0 unspecified atom stereocenters. The van der Waals surface area contributed by atoms with Crippen LogP contribution in [0.15, 0.2) is 72.8 Å². The van der Waals surface area contributed by atoms with Crippen molar-refractivity contribution in [1.29, 1.82) is 0 Å². The highest BCUT2D eigenvalue weighted by Gasteiger charge is 2.27. The number of carbonyl (C=O) groups is 1. The fraction of sp³-hybridized carbons (Fsp3) is 0.318. The van der Waals surface area contributed by atoms with Crippen molar-refractivity contribution in [3.8, 4) is 0 Å². The lowest BCUT2D eigenvalue weighted by Crippen LogP contribution is -2.23. The van der Waals surface area contributed by atoms with Crippen LogP contribution in [0.4, 0.5) is 0 Å². The average Bonchev–Trinajstić information content (AvgIpc) is 2.67. The van der Waals surface area contributed by atoms with Gasteiger partial charge in [0.1, 0.15) is 12.5 Å². The Morgan fingerprint density at radius 2 is 1.72 bits per heavy atom. The van der Waals surface area contributed by atoms with E-state index < -0.39 is 18.0 Å². The minimum absolute atomic E-state index is 0.209. The summed E-state index contributed by atoms with van der Waals surface area (Å²) >= 11 is 0. The molecule has 0 aliphatic rings. The minimum atomic E-state index is -0.914. The van der Waals surface area contributed by atoms with Crippen LogP contribution in [-0.2, 0) is 16.1 Å². The summed E-state index contributed by atoms with van der Waals surface area (Å²) in [5.74, 6) is -1.11. The van der Waals surface area contributed by atoms with E-state index in [-0.39, 0.29) is 6.61 Å². The number of allylic oxidation sites excluding steroid dienone is 1. The number of aliphatic hydroxyl groups is 1. The number of carbonyl (C=O) groups excluding carboxylic acids is 1. The van der Waals surface area contributed by atoms with E-state index in [9.17, 15) is 9.90 Å². The quantitative estimate of drug-likeness (QED) is 0.405. The molecule has 0 aliphatic heterocycles. The van der Waals surface area contributed by atoms with Gasteiger partial charge in [-0.25, -0.2) is 0 Å². The maximum atomic E-state index is 12.6. The van der Waals surface area contributed by atoms with E-state index in [1.807, 2.05) is 66.7 Å². The van der Waals surface area contributed by atoms with Gasteiger partial charge in [-0.3, -0.25) is 4.79 Å². The summed E-state index contributed by atoms with van der Waals surface area (Å²) in [6.45, 7) is 2.33. The molecule has 0 saturated heterocycles. The third kappa shape index (κ3) is 6.20. The Kier molecular flexibility index (Phi) is 7.93. The number of aliphatic hydroxyl groups excluding tert-OH is 1. The molecule has 0 bridgehead atoms. The van der Waals surface area contributed by atoms with Gasteiger partial charge >= 0.3 is 5.97 Å². The number of benzene rings is 2. The van der Waals surface area contributed by atoms with E-state index in [0.29, 0.717) is 5.56 Å². The predicted molar refractivity (Wildman–Crippen MR) is 99.8 cm³/mol. The van der Waals surface area contributed by atoms with Crippen molar-refractivity contribution < 1.29 is 14.6 Å². The van der Waals surface area contributed by atoms with E-state index in [2.05, 4.69) is 6.92 Å². The summed E-state index contributed by atoms with van der Waals surface area (Å²) in [4.78, 5) is 12.6. The number of ether oxygens (including phenoxy) is 1. The first-order valence-corrected chi connectivity index (χ1v) is 8.82. The first kappa shape index (κ1) is 18.9. The Labute approximate surface area is 150 Å². The van der Waals surface area contributed by atoms with Crippen LogP contribution in [0.1, 0.15) is 43.4 Å². The summed E-state index contributed by atoms with van der Waals surface area (Å²) in [5, 5.41) is 10.7. The predicted octanol–water partition coefficient (Wildman–Crippen LogP) is 4.83. The topological polar surface area (TPSA) is 46.5 Å². The largest absolute Gasteiger partial charge is 0.460 e. The summed E-state index contributed by atoms with van der Waals surface area (Å²) in [7, 11) is 0. The molecule has 0 saturated carbocycles. The highest BCUT2D eigenvalue weighted by molar-refractivity contribution is 5.75. The molecule has 1 N–H and O–H groups in total. The molecule has 2 aromatic carbocycles. The average molecular weight is 338 g/mol. The number of hydrogen-bond donors (Lipinski definition) is 1. The van der Waals surface area contributed by atoms with E-state index in [4.69, 9.17) is 4.74 Å². The van der Waals surface area contributed by atoms with Gasteiger partial charge in [0.15, 0.2) is 0 Å². The van der Waals surface area contributed by atoms with Gasteiger partial charge in [0.25, 0.3) is 0 Å². The molecule has 25 heavy (non-hydrogen) atoms. The van der Waals surface area contributed by atoms with Crippen LogP contribution in [0.3, 0.4) is 0 Å². The van der Waals surface area contributed by atoms with Gasteiger partial charge < -0.3 is 9.84 Å². The van der Waals surface area contributed by atoms with Gasteiger partial charge in [-0.15, -0.1) is 0 Å². The molecule has 3 nitrogen and oxygen atoms in total. The Bertz CT molecular complexity index is 649. The Morgan fingerprint density at radius 1 is 1.08 bits per heavy atom. The molecule has 0 aromatic heterocycles. The maximum absolute atomic E-state index is 12.6. The van der Waals surface area contributed by atoms with Gasteiger partial charge in [-0.1, -0.05) is 92.6 Å². The van der Waals surface area contributed by atoms with Crippen molar-refractivity contribution in [3.63, 3.8) is 0 Å². The van der Waals surface area contributed by atoms with Crippen molar-refractivity contribution in [2.75, 3.05) is 0 Å². The first-order valence-electron chi connectivity index (χ1n) is 8.82. The highest BCUT2D eigenvalue weighted by atomic mass is 16.5. The van der Waals surface area contributed by atoms with E-state index in [1.54, 1.807) is 6.08 Å². The zero-order chi connectivity index (χ0) is 17.9. The summed E-state index contributed by atoms with van der Waals surface area (Å²) in [6.07, 6.45) is 5.87. The Hall–Kier alpha value is -2.39. The van der Waals surface area contributed by atoms with Crippen LogP contribution in [0.25, 0.3) is 0 Å². The molecule has 0 heterocycles. The van der Waals surface area contributed by atoms with Crippen molar-refractivity contribution >= 4 is 5.97 Å². The Morgan fingerprint density at radius 3 is 2.36 bits per heavy atom. The molecule has 2 rings (SSSR count). The van der Waals surface area contributed by atoms with Crippen molar-refractivity contribution in [3.05, 3.63) is 83.9 Å². The molecule has 2 aromatic rings. The van der Waals surface area contributed by atoms with Gasteiger partial charge in [-0.2, -0.15) is 0 Å².